The maximum absolute atomic E-state index is 9.13. The number of aliphatic hydroxyl groups excluding tert-OH is 2. The Morgan fingerprint density at radius 3 is 2.43 bits per heavy atom. The lowest BCUT2D eigenvalue weighted by Gasteiger charge is -2.14. The van der Waals surface area contributed by atoms with Crippen LogP contribution < -0.4 is 0 Å². The molecule has 0 heterocycles. The summed E-state index contributed by atoms with van der Waals surface area (Å²) in [5.41, 5.74) is 1.16. The number of ether oxygens (including phenoxy) is 1. The zero-order chi connectivity index (χ0) is 10.4. The molecule has 2 atom stereocenters. The molecule has 0 saturated heterocycles. The van der Waals surface area contributed by atoms with Crippen LogP contribution in [0.4, 0.5) is 0 Å². The van der Waals surface area contributed by atoms with E-state index in [1.54, 1.807) is 0 Å². The van der Waals surface area contributed by atoms with Crippen molar-refractivity contribution in [1.29, 1.82) is 0 Å². The fourth-order valence-electron chi connectivity index (χ4n) is 1.08. The molecule has 0 amide bonds. The Kier molecular flexibility index (Phi) is 4.59. The Morgan fingerprint density at radius 1 is 1.21 bits per heavy atom. The van der Waals surface area contributed by atoms with Crippen molar-refractivity contribution in [1.82, 2.24) is 0 Å². The first-order valence-corrected chi connectivity index (χ1v) is 4.72. The van der Waals surface area contributed by atoms with Crippen LogP contribution in [0.5, 0.6) is 0 Å². The van der Waals surface area contributed by atoms with Crippen LogP contribution in [0.15, 0.2) is 30.3 Å². The summed E-state index contributed by atoms with van der Waals surface area (Å²) < 4.78 is 5.01. The van der Waals surface area contributed by atoms with E-state index in [1.807, 2.05) is 30.3 Å². The van der Waals surface area contributed by atoms with Gasteiger partial charge in [-0.15, -0.1) is 0 Å². The summed E-state index contributed by atoms with van der Waals surface area (Å²) in [6.45, 7) is 1.91. The van der Waals surface area contributed by atoms with Gasteiger partial charge in [0.2, 0.25) is 0 Å². The van der Waals surface area contributed by atoms with E-state index in [9.17, 15) is 0 Å². The second kappa shape index (κ2) is 5.75. The molecule has 0 saturated carbocycles. The van der Waals surface area contributed by atoms with Crippen LogP contribution in [0.25, 0.3) is 0 Å². The second-order valence-corrected chi connectivity index (χ2v) is 3.24. The Bertz CT molecular complexity index is 246. The maximum Gasteiger partial charge on any atom is 0.180 e. The van der Waals surface area contributed by atoms with Crippen molar-refractivity contribution in [2.45, 2.75) is 25.7 Å². The molecule has 1 aromatic rings. The first-order valence-electron chi connectivity index (χ1n) is 4.72. The average molecular weight is 196 g/mol. The first kappa shape index (κ1) is 11.2. The predicted octanol–water partition coefficient (Wildman–Crippen LogP) is 0.945. The third-order valence-electron chi connectivity index (χ3n) is 1.93. The monoisotopic (exact) mass is 196 g/mol. The molecule has 1 aromatic carbocycles. The van der Waals surface area contributed by atoms with E-state index in [4.69, 9.17) is 14.9 Å². The van der Waals surface area contributed by atoms with E-state index in [0.717, 1.165) is 12.0 Å². The SMILES string of the molecule is CC(O)C(O)OCCc1ccccc1. The highest BCUT2D eigenvalue weighted by molar-refractivity contribution is 5.14. The highest BCUT2D eigenvalue weighted by atomic mass is 16.6. The fraction of sp³-hybridized carbons (Fsp3) is 0.455. The standard InChI is InChI=1S/C11H16O3/c1-9(12)11(13)14-8-7-10-5-3-2-4-6-10/h2-6,9,11-13H,7-8H2,1H3. The Hall–Kier alpha value is -0.900. The molecule has 0 bridgehead atoms. The minimum absolute atomic E-state index is 0.413. The molecule has 0 aliphatic rings. The number of hydrogen-bond acceptors (Lipinski definition) is 3. The van der Waals surface area contributed by atoms with Crippen molar-refractivity contribution in [3.05, 3.63) is 35.9 Å². The zero-order valence-corrected chi connectivity index (χ0v) is 8.26. The fourth-order valence-corrected chi connectivity index (χ4v) is 1.08. The second-order valence-electron chi connectivity index (χ2n) is 3.24. The number of benzene rings is 1. The lowest BCUT2D eigenvalue weighted by atomic mass is 10.2. The minimum atomic E-state index is -1.08. The normalized spacial score (nSPS) is 15.1. The highest BCUT2D eigenvalue weighted by Gasteiger charge is 2.09. The summed E-state index contributed by atoms with van der Waals surface area (Å²) in [6.07, 6.45) is -1.19. The zero-order valence-electron chi connectivity index (χ0n) is 8.26. The van der Waals surface area contributed by atoms with Crippen LogP contribution in [-0.4, -0.2) is 29.2 Å². The molecule has 3 heteroatoms. The topological polar surface area (TPSA) is 49.7 Å². The van der Waals surface area contributed by atoms with Crippen molar-refractivity contribution >= 4 is 0 Å². The summed E-state index contributed by atoms with van der Waals surface area (Å²) in [5.74, 6) is 0. The van der Waals surface area contributed by atoms with Gasteiger partial charge in [0.25, 0.3) is 0 Å². The van der Waals surface area contributed by atoms with Crippen LogP contribution in [0.3, 0.4) is 0 Å². The highest BCUT2D eigenvalue weighted by Crippen LogP contribution is 2.01. The molecule has 0 aromatic heterocycles. The van der Waals surface area contributed by atoms with Gasteiger partial charge in [-0.2, -0.15) is 0 Å². The number of rotatable bonds is 5. The van der Waals surface area contributed by atoms with Crippen LogP contribution in [-0.2, 0) is 11.2 Å². The summed E-state index contributed by atoms with van der Waals surface area (Å²) in [5, 5.41) is 18.1. The van der Waals surface area contributed by atoms with Crippen LogP contribution >= 0.6 is 0 Å². The molecule has 78 valence electrons. The molecule has 0 aliphatic carbocycles. The van der Waals surface area contributed by atoms with Gasteiger partial charge >= 0.3 is 0 Å². The van der Waals surface area contributed by atoms with Crippen molar-refractivity contribution in [3.63, 3.8) is 0 Å². The Labute approximate surface area is 84.0 Å². The van der Waals surface area contributed by atoms with Crippen molar-refractivity contribution in [3.8, 4) is 0 Å². The minimum Gasteiger partial charge on any atom is -0.388 e. The van der Waals surface area contributed by atoms with E-state index >= 15 is 0 Å². The molecule has 0 fully saturated rings. The lowest BCUT2D eigenvalue weighted by Crippen LogP contribution is -2.26. The molecule has 2 N–H and O–H groups in total. The van der Waals surface area contributed by atoms with Gasteiger partial charge < -0.3 is 14.9 Å². The van der Waals surface area contributed by atoms with E-state index in [-0.39, 0.29) is 0 Å². The van der Waals surface area contributed by atoms with Gasteiger partial charge in [-0.3, -0.25) is 0 Å². The molecular formula is C11H16O3. The molecular weight excluding hydrogens is 180 g/mol. The van der Waals surface area contributed by atoms with E-state index in [2.05, 4.69) is 0 Å². The summed E-state index contributed by atoms with van der Waals surface area (Å²) in [7, 11) is 0. The molecule has 2 unspecified atom stereocenters. The predicted molar refractivity (Wildman–Crippen MR) is 53.8 cm³/mol. The van der Waals surface area contributed by atoms with Gasteiger partial charge in [-0.25, -0.2) is 0 Å². The molecule has 0 aliphatic heterocycles. The lowest BCUT2D eigenvalue weighted by molar-refractivity contribution is -0.155. The third kappa shape index (κ3) is 3.87. The van der Waals surface area contributed by atoms with Gasteiger partial charge in [0.1, 0.15) is 6.10 Å². The molecule has 3 nitrogen and oxygen atoms in total. The third-order valence-corrected chi connectivity index (χ3v) is 1.93. The number of aliphatic hydroxyl groups is 2. The molecule has 0 radical (unpaired) electrons. The van der Waals surface area contributed by atoms with Crippen molar-refractivity contribution in [2.75, 3.05) is 6.61 Å². The quantitative estimate of drug-likeness (QED) is 0.689. The summed E-state index contributed by atoms with van der Waals surface area (Å²) in [6, 6.07) is 9.87. The first-order chi connectivity index (χ1) is 6.70. The van der Waals surface area contributed by atoms with Gasteiger partial charge in [0.05, 0.1) is 6.61 Å². The van der Waals surface area contributed by atoms with Crippen LogP contribution in [0, 0.1) is 0 Å². The van der Waals surface area contributed by atoms with Gasteiger partial charge in [-0.05, 0) is 18.9 Å². The van der Waals surface area contributed by atoms with Crippen LogP contribution in [0.2, 0.25) is 0 Å². The molecule has 0 spiro atoms. The molecule has 1 rings (SSSR count). The van der Waals surface area contributed by atoms with Gasteiger partial charge in [0, 0.05) is 0 Å². The maximum atomic E-state index is 9.13. The van der Waals surface area contributed by atoms with Gasteiger partial charge in [-0.1, -0.05) is 30.3 Å². The Morgan fingerprint density at radius 2 is 1.86 bits per heavy atom. The average Bonchev–Trinajstić information content (AvgIpc) is 2.19. The van der Waals surface area contributed by atoms with E-state index in [0.29, 0.717) is 6.61 Å². The van der Waals surface area contributed by atoms with Crippen LogP contribution in [0.1, 0.15) is 12.5 Å². The van der Waals surface area contributed by atoms with E-state index in [1.165, 1.54) is 6.92 Å². The van der Waals surface area contributed by atoms with Gasteiger partial charge in [0.15, 0.2) is 6.29 Å². The summed E-state index contributed by atoms with van der Waals surface area (Å²) >= 11 is 0. The molecule has 14 heavy (non-hydrogen) atoms. The summed E-state index contributed by atoms with van der Waals surface area (Å²) in [4.78, 5) is 0. The smallest absolute Gasteiger partial charge is 0.180 e. The number of hydrogen-bond donors (Lipinski definition) is 2. The largest absolute Gasteiger partial charge is 0.388 e. The van der Waals surface area contributed by atoms with E-state index < -0.39 is 12.4 Å². The van der Waals surface area contributed by atoms with Crippen molar-refractivity contribution < 1.29 is 14.9 Å². The Balaban J connectivity index is 2.22. The van der Waals surface area contributed by atoms with Crippen molar-refractivity contribution in [2.24, 2.45) is 0 Å².